The summed E-state index contributed by atoms with van der Waals surface area (Å²) in [5.41, 5.74) is 2.27. The standard InChI is InChI=1S/C13H16O3/c1-3-15-13(14)11-7-10-5-4-9(2)6-12(10)16-8-11/h4-6,11H,3,7-8H2,1-2H3. The van der Waals surface area contributed by atoms with E-state index in [9.17, 15) is 4.79 Å². The summed E-state index contributed by atoms with van der Waals surface area (Å²) >= 11 is 0. The number of hydrogen-bond acceptors (Lipinski definition) is 3. The lowest BCUT2D eigenvalue weighted by atomic mass is 9.96. The molecule has 1 aliphatic heterocycles. The number of carbonyl (C=O) groups is 1. The summed E-state index contributed by atoms with van der Waals surface area (Å²) in [5.74, 6) is 0.587. The zero-order chi connectivity index (χ0) is 11.5. The summed E-state index contributed by atoms with van der Waals surface area (Å²) in [4.78, 5) is 11.6. The molecule has 0 bridgehead atoms. The number of aryl methyl sites for hydroxylation is 1. The van der Waals surface area contributed by atoms with Crippen LogP contribution in [0.1, 0.15) is 18.1 Å². The Bertz CT molecular complexity index is 398. The normalized spacial score (nSPS) is 18.5. The van der Waals surface area contributed by atoms with Crippen LogP contribution in [0.2, 0.25) is 0 Å². The van der Waals surface area contributed by atoms with Crippen molar-refractivity contribution in [2.75, 3.05) is 13.2 Å². The molecule has 1 aromatic carbocycles. The van der Waals surface area contributed by atoms with E-state index in [-0.39, 0.29) is 11.9 Å². The maximum absolute atomic E-state index is 11.6. The highest BCUT2D eigenvalue weighted by Gasteiger charge is 2.26. The Morgan fingerprint density at radius 3 is 3.12 bits per heavy atom. The van der Waals surface area contributed by atoms with E-state index in [1.807, 2.05) is 32.0 Å². The predicted molar refractivity (Wildman–Crippen MR) is 60.5 cm³/mol. The Labute approximate surface area is 95.4 Å². The first-order valence-electron chi connectivity index (χ1n) is 5.59. The molecule has 0 saturated heterocycles. The van der Waals surface area contributed by atoms with E-state index >= 15 is 0 Å². The highest BCUT2D eigenvalue weighted by atomic mass is 16.5. The number of carbonyl (C=O) groups excluding carboxylic acids is 1. The second kappa shape index (κ2) is 4.56. The molecular formula is C13H16O3. The molecule has 3 heteroatoms. The van der Waals surface area contributed by atoms with Gasteiger partial charge in [0.15, 0.2) is 0 Å². The van der Waals surface area contributed by atoms with Crippen LogP contribution in [0.3, 0.4) is 0 Å². The zero-order valence-corrected chi connectivity index (χ0v) is 9.66. The van der Waals surface area contributed by atoms with E-state index < -0.39 is 0 Å². The van der Waals surface area contributed by atoms with Crippen molar-refractivity contribution < 1.29 is 14.3 Å². The van der Waals surface area contributed by atoms with E-state index in [4.69, 9.17) is 9.47 Å². The maximum Gasteiger partial charge on any atom is 0.312 e. The molecule has 1 atom stereocenters. The third-order valence-corrected chi connectivity index (χ3v) is 2.75. The van der Waals surface area contributed by atoms with Gasteiger partial charge in [-0.1, -0.05) is 12.1 Å². The largest absolute Gasteiger partial charge is 0.492 e. The summed E-state index contributed by atoms with van der Waals surface area (Å²) in [6, 6.07) is 6.07. The highest BCUT2D eigenvalue weighted by molar-refractivity contribution is 5.73. The summed E-state index contributed by atoms with van der Waals surface area (Å²) in [5, 5.41) is 0. The van der Waals surface area contributed by atoms with Gasteiger partial charge in [-0.2, -0.15) is 0 Å². The van der Waals surface area contributed by atoms with E-state index in [0.29, 0.717) is 19.6 Å². The van der Waals surface area contributed by atoms with Crippen molar-refractivity contribution in [1.29, 1.82) is 0 Å². The smallest absolute Gasteiger partial charge is 0.312 e. The third kappa shape index (κ3) is 2.18. The highest BCUT2D eigenvalue weighted by Crippen LogP contribution is 2.28. The van der Waals surface area contributed by atoms with Crippen molar-refractivity contribution in [2.45, 2.75) is 20.3 Å². The Kier molecular flexibility index (Phi) is 3.13. The molecule has 1 heterocycles. The van der Waals surface area contributed by atoms with Crippen molar-refractivity contribution >= 4 is 5.97 Å². The van der Waals surface area contributed by atoms with Gasteiger partial charge in [0.1, 0.15) is 12.4 Å². The lowest BCUT2D eigenvalue weighted by Gasteiger charge is -2.24. The molecule has 0 saturated carbocycles. The molecule has 1 aliphatic rings. The van der Waals surface area contributed by atoms with E-state index in [0.717, 1.165) is 11.3 Å². The second-order valence-corrected chi connectivity index (χ2v) is 4.08. The molecule has 16 heavy (non-hydrogen) atoms. The van der Waals surface area contributed by atoms with Crippen molar-refractivity contribution in [3.63, 3.8) is 0 Å². The molecule has 0 N–H and O–H groups in total. The number of esters is 1. The van der Waals surface area contributed by atoms with Gasteiger partial charge in [-0.3, -0.25) is 4.79 Å². The Morgan fingerprint density at radius 1 is 1.56 bits per heavy atom. The summed E-state index contributed by atoms with van der Waals surface area (Å²) in [6.45, 7) is 4.70. The summed E-state index contributed by atoms with van der Waals surface area (Å²) < 4.78 is 10.6. The van der Waals surface area contributed by atoms with Crippen molar-refractivity contribution in [3.05, 3.63) is 29.3 Å². The first kappa shape index (κ1) is 11.0. The molecule has 2 rings (SSSR count). The van der Waals surface area contributed by atoms with Gasteiger partial charge in [0.05, 0.1) is 12.5 Å². The molecular weight excluding hydrogens is 204 g/mol. The predicted octanol–water partition coefficient (Wildman–Crippen LogP) is 2.11. The molecule has 0 fully saturated rings. The Hall–Kier alpha value is -1.51. The first-order valence-corrected chi connectivity index (χ1v) is 5.59. The fourth-order valence-electron chi connectivity index (χ4n) is 1.89. The minimum Gasteiger partial charge on any atom is -0.492 e. The fraction of sp³-hybridized carbons (Fsp3) is 0.462. The van der Waals surface area contributed by atoms with Gasteiger partial charge in [-0.25, -0.2) is 0 Å². The fourth-order valence-corrected chi connectivity index (χ4v) is 1.89. The van der Waals surface area contributed by atoms with Crippen molar-refractivity contribution in [3.8, 4) is 5.75 Å². The quantitative estimate of drug-likeness (QED) is 0.716. The number of ether oxygens (including phenoxy) is 2. The number of benzene rings is 1. The van der Waals surface area contributed by atoms with Gasteiger partial charge in [-0.15, -0.1) is 0 Å². The van der Waals surface area contributed by atoms with Crippen molar-refractivity contribution in [2.24, 2.45) is 5.92 Å². The number of rotatable bonds is 2. The van der Waals surface area contributed by atoms with Gasteiger partial charge in [-0.05, 0) is 37.5 Å². The van der Waals surface area contributed by atoms with E-state index in [1.54, 1.807) is 0 Å². The molecule has 0 aromatic heterocycles. The van der Waals surface area contributed by atoms with Crippen LogP contribution < -0.4 is 4.74 Å². The van der Waals surface area contributed by atoms with Crippen LogP contribution in [0.25, 0.3) is 0 Å². The van der Waals surface area contributed by atoms with E-state index in [2.05, 4.69) is 0 Å². The number of fused-ring (bicyclic) bond motifs is 1. The summed E-state index contributed by atoms with van der Waals surface area (Å²) in [7, 11) is 0. The molecule has 0 aliphatic carbocycles. The average molecular weight is 220 g/mol. The van der Waals surface area contributed by atoms with Crippen LogP contribution in [0.15, 0.2) is 18.2 Å². The van der Waals surface area contributed by atoms with E-state index in [1.165, 1.54) is 5.56 Å². The molecule has 3 nitrogen and oxygen atoms in total. The number of hydrogen-bond donors (Lipinski definition) is 0. The summed E-state index contributed by atoms with van der Waals surface area (Å²) in [6.07, 6.45) is 0.717. The molecule has 0 spiro atoms. The lowest BCUT2D eigenvalue weighted by Crippen LogP contribution is -2.29. The van der Waals surface area contributed by atoms with Crippen LogP contribution >= 0.6 is 0 Å². The topological polar surface area (TPSA) is 35.5 Å². The zero-order valence-electron chi connectivity index (χ0n) is 9.66. The monoisotopic (exact) mass is 220 g/mol. The van der Waals surface area contributed by atoms with Gasteiger partial charge in [0, 0.05) is 0 Å². The van der Waals surface area contributed by atoms with Crippen molar-refractivity contribution in [1.82, 2.24) is 0 Å². The molecule has 0 amide bonds. The third-order valence-electron chi connectivity index (χ3n) is 2.75. The average Bonchev–Trinajstić information content (AvgIpc) is 2.28. The van der Waals surface area contributed by atoms with Gasteiger partial charge in [0.2, 0.25) is 0 Å². The lowest BCUT2D eigenvalue weighted by molar-refractivity contribution is -0.149. The Balaban J connectivity index is 2.12. The van der Waals surface area contributed by atoms with Crippen LogP contribution in [-0.4, -0.2) is 19.2 Å². The first-order chi connectivity index (χ1) is 7.70. The second-order valence-electron chi connectivity index (χ2n) is 4.08. The Morgan fingerprint density at radius 2 is 2.38 bits per heavy atom. The maximum atomic E-state index is 11.6. The molecule has 1 aromatic rings. The van der Waals surface area contributed by atoms with Gasteiger partial charge < -0.3 is 9.47 Å². The van der Waals surface area contributed by atoms with Gasteiger partial charge >= 0.3 is 5.97 Å². The minimum absolute atomic E-state index is 0.157. The molecule has 1 unspecified atom stereocenters. The molecule has 0 radical (unpaired) electrons. The van der Waals surface area contributed by atoms with Crippen LogP contribution in [0.5, 0.6) is 5.75 Å². The molecule has 86 valence electrons. The van der Waals surface area contributed by atoms with Crippen LogP contribution in [-0.2, 0) is 16.0 Å². The SMILES string of the molecule is CCOC(=O)C1COc2cc(C)ccc2C1. The van der Waals surface area contributed by atoms with Gasteiger partial charge in [0.25, 0.3) is 0 Å². The van der Waals surface area contributed by atoms with Crippen LogP contribution in [0, 0.1) is 12.8 Å². The van der Waals surface area contributed by atoms with Crippen LogP contribution in [0.4, 0.5) is 0 Å². The minimum atomic E-state index is -0.159.